The molecule has 0 unspecified atom stereocenters. The maximum atomic E-state index is 10.3. The molecule has 1 aromatic heterocycles. The van der Waals surface area contributed by atoms with Gasteiger partial charge in [0.25, 0.3) is 6.01 Å². The number of nitrogens with one attached hydrogen (secondary N) is 1. The van der Waals surface area contributed by atoms with Crippen LogP contribution in [0.2, 0.25) is 0 Å². The molecule has 0 aliphatic carbocycles. The van der Waals surface area contributed by atoms with E-state index in [9.17, 15) is 4.79 Å². The molecule has 0 amide bonds. The standard InChI is InChI=1S/C9H9N3O3/c10-5-1-2-6-7(3-5)15-9(12-6)11-4-8(13)14/h1-3H,4,10H2,(H,11,12)(H,13,14). The minimum atomic E-state index is -0.975. The third-order valence-electron chi connectivity index (χ3n) is 1.80. The molecule has 4 N–H and O–H groups in total. The van der Waals surface area contributed by atoms with E-state index in [1.165, 1.54) is 0 Å². The van der Waals surface area contributed by atoms with E-state index in [0.29, 0.717) is 16.8 Å². The molecule has 0 aliphatic heterocycles. The van der Waals surface area contributed by atoms with E-state index in [0.717, 1.165) is 0 Å². The fourth-order valence-electron chi connectivity index (χ4n) is 1.17. The fraction of sp³-hybridized carbons (Fsp3) is 0.111. The lowest BCUT2D eigenvalue weighted by atomic mass is 10.3. The highest BCUT2D eigenvalue weighted by Gasteiger charge is 2.06. The first-order valence-electron chi connectivity index (χ1n) is 4.27. The molecule has 0 bridgehead atoms. The van der Waals surface area contributed by atoms with Crippen LogP contribution in [0.1, 0.15) is 0 Å². The Hall–Kier alpha value is -2.24. The summed E-state index contributed by atoms with van der Waals surface area (Å²) in [6.07, 6.45) is 0. The lowest BCUT2D eigenvalue weighted by Crippen LogP contribution is -2.12. The Morgan fingerprint density at radius 1 is 1.60 bits per heavy atom. The zero-order valence-corrected chi connectivity index (χ0v) is 7.73. The fourth-order valence-corrected chi connectivity index (χ4v) is 1.17. The lowest BCUT2D eigenvalue weighted by molar-refractivity contribution is -0.134. The second kappa shape index (κ2) is 3.49. The number of carboxylic acid groups (broad SMARTS) is 1. The molecule has 0 atom stereocenters. The number of anilines is 2. The van der Waals surface area contributed by atoms with Crippen LogP contribution in [-0.2, 0) is 4.79 Å². The maximum absolute atomic E-state index is 10.3. The molecule has 0 fully saturated rings. The van der Waals surface area contributed by atoms with Crippen molar-refractivity contribution in [2.24, 2.45) is 0 Å². The van der Waals surface area contributed by atoms with Gasteiger partial charge in [0.15, 0.2) is 5.58 Å². The third kappa shape index (κ3) is 1.98. The van der Waals surface area contributed by atoms with Gasteiger partial charge in [-0.2, -0.15) is 4.98 Å². The highest BCUT2D eigenvalue weighted by molar-refractivity contribution is 5.78. The van der Waals surface area contributed by atoms with Crippen molar-refractivity contribution in [2.45, 2.75) is 0 Å². The summed E-state index contributed by atoms with van der Waals surface area (Å²) in [6.45, 7) is -0.234. The molecule has 78 valence electrons. The number of hydrogen-bond donors (Lipinski definition) is 3. The second-order valence-corrected chi connectivity index (χ2v) is 2.99. The normalized spacial score (nSPS) is 10.4. The van der Waals surface area contributed by atoms with Gasteiger partial charge in [-0.05, 0) is 12.1 Å². The lowest BCUT2D eigenvalue weighted by Gasteiger charge is -1.93. The zero-order chi connectivity index (χ0) is 10.8. The number of oxazole rings is 1. The third-order valence-corrected chi connectivity index (χ3v) is 1.80. The molecular weight excluding hydrogens is 198 g/mol. The molecule has 2 rings (SSSR count). The summed E-state index contributed by atoms with van der Waals surface area (Å²) < 4.78 is 5.23. The zero-order valence-electron chi connectivity index (χ0n) is 7.73. The van der Waals surface area contributed by atoms with Crippen molar-refractivity contribution in [3.8, 4) is 0 Å². The van der Waals surface area contributed by atoms with Crippen molar-refractivity contribution in [3.63, 3.8) is 0 Å². The Morgan fingerprint density at radius 2 is 2.40 bits per heavy atom. The first kappa shape index (κ1) is 9.32. The second-order valence-electron chi connectivity index (χ2n) is 2.99. The predicted octanol–water partition coefficient (Wildman–Crippen LogP) is 0.906. The van der Waals surface area contributed by atoms with Crippen LogP contribution in [0.5, 0.6) is 0 Å². The van der Waals surface area contributed by atoms with Crippen molar-refractivity contribution in [3.05, 3.63) is 18.2 Å². The minimum Gasteiger partial charge on any atom is -0.480 e. The van der Waals surface area contributed by atoms with Crippen LogP contribution in [0.4, 0.5) is 11.7 Å². The SMILES string of the molecule is Nc1ccc2nc(NCC(=O)O)oc2c1. The van der Waals surface area contributed by atoms with Gasteiger partial charge in [-0.1, -0.05) is 0 Å². The molecule has 6 heteroatoms. The number of fused-ring (bicyclic) bond motifs is 1. The first-order chi connectivity index (χ1) is 7.15. The molecule has 0 saturated carbocycles. The van der Waals surface area contributed by atoms with Gasteiger partial charge in [-0.25, -0.2) is 0 Å². The number of carboxylic acids is 1. The van der Waals surface area contributed by atoms with E-state index in [4.69, 9.17) is 15.3 Å². The van der Waals surface area contributed by atoms with Gasteiger partial charge in [0.2, 0.25) is 0 Å². The number of benzene rings is 1. The topological polar surface area (TPSA) is 101 Å². The predicted molar refractivity (Wildman–Crippen MR) is 54.5 cm³/mol. The van der Waals surface area contributed by atoms with Crippen LogP contribution >= 0.6 is 0 Å². The number of aliphatic carboxylic acids is 1. The quantitative estimate of drug-likeness (QED) is 0.646. The summed E-state index contributed by atoms with van der Waals surface area (Å²) >= 11 is 0. The summed E-state index contributed by atoms with van der Waals surface area (Å²) in [6, 6.07) is 5.22. The number of hydrogen-bond acceptors (Lipinski definition) is 5. The molecular formula is C9H9N3O3. The summed E-state index contributed by atoms with van der Waals surface area (Å²) in [4.78, 5) is 14.3. The van der Waals surface area contributed by atoms with Gasteiger partial charge in [-0.15, -0.1) is 0 Å². The summed E-state index contributed by atoms with van der Waals surface area (Å²) in [5.41, 5.74) is 7.29. The number of nitrogens with two attached hydrogens (primary N) is 1. The summed E-state index contributed by atoms with van der Waals surface area (Å²) in [5.74, 6) is -0.975. The minimum absolute atomic E-state index is 0.179. The molecule has 0 aliphatic rings. The molecule has 1 heterocycles. The van der Waals surface area contributed by atoms with Crippen LogP contribution in [0.25, 0.3) is 11.1 Å². The van der Waals surface area contributed by atoms with E-state index in [1.807, 2.05) is 0 Å². The van der Waals surface area contributed by atoms with Crippen molar-refractivity contribution in [1.82, 2.24) is 4.98 Å². The highest BCUT2D eigenvalue weighted by atomic mass is 16.4. The van der Waals surface area contributed by atoms with Gasteiger partial charge in [0.1, 0.15) is 12.1 Å². The van der Waals surface area contributed by atoms with Crippen LogP contribution < -0.4 is 11.1 Å². The van der Waals surface area contributed by atoms with Crippen LogP contribution in [0, 0.1) is 0 Å². The van der Waals surface area contributed by atoms with Crippen LogP contribution in [-0.4, -0.2) is 22.6 Å². The molecule has 2 aromatic rings. The van der Waals surface area contributed by atoms with E-state index < -0.39 is 5.97 Å². The maximum Gasteiger partial charge on any atom is 0.323 e. The number of rotatable bonds is 3. The average molecular weight is 207 g/mol. The largest absolute Gasteiger partial charge is 0.480 e. The van der Waals surface area contributed by atoms with Crippen molar-refractivity contribution < 1.29 is 14.3 Å². The molecule has 0 saturated heterocycles. The highest BCUT2D eigenvalue weighted by Crippen LogP contribution is 2.20. The van der Waals surface area contributed by atoms with Gasteiger partial charge < -0.3 is 20.6 Å². The van der Waals surface area contributed by atoms with Crippen molar-refractivity contribution >= 4 is 28.8 Å². The van der Waals surface area contributed by atoms with Crippen LogP contribution in [0.15, 0.2) is 22.6 Å². The van der Waals surface area contributed by atoms with Crippen molar-refractivity contribution in [2.75, 3.05) is 17.6 Å². The average Bonchev–Trinajstić information content (AvgIpc) is 2.56. The number of nitrogen functional groups attached to an aromatic ring is 1. The van der Waals surface area contributed by atoms with E-state index in [2.05, 4.69) is 10.3 Å². The monoisotopic (exact) mass is 207 g/mol. The Kier molecular flexibility index (Phi) is 2.17. The van der Waals surface area contributed by atoms with Crippen molar-refractivity contribution in [1.29, 1.82) is 0 Å². The molecule has 0 spiro atoms. The number of aromatic nitrogens is 1. The first-order valence-corrected chi connectivity index (χ1v) is 4.27. The smallest absolute Gasteiger partial charge is 0.323 e. The number of carbonyl (C=O) groups is 1. The van der Waals surface area contributed by atoms with Gasteiger partial charge in [0.05, 0.1) is 0 Å². The van der Waals surface area contributed by atoms with Gasteiger partial charge in [-0.3, -0.25) is 4.79 Å². The molecule has 1 aromatic carbocycles. The molecule has 6 nitrogen and oxygen atoms in total. The van der Waals surface area contributed by atoms with E-state index in [-0.39, 0.29) is 12.6 Å². The van der Waals surface area contributed by atoms with E-state index >= 15 is 0 Å². The Balaban J connectivity index is 2.27. The van der Waals surface area contributed by atoms with Gasteiger partial charge in [0, 0.05) is 11.8 Å². The molecule has 15 heavy (non-hydrogen) atoms. The van der Waals surface area contributed by atoms with Gasteiger partial charge >= 0.3 is 5.97 Å². The summed E-state index contributed by atoms with van der Waals surface area (Å²) in [7, 11) is 0. The Labute approximate surface area is 84.7 Å². The number of nitrogens with zero attached hydrogens (tertiary/aromatic N) is 1. The Morgan fingerprint density at radius 3 is 3.13 bits per heavy atom. The van der Waals surface area contributed by atoms with Crippen LogP contribution in [0.3, 0.4) is 0 Å². The van der Waals surface area contributed by atoms with E-state index in [1.54, 1.807) is 18.2 Å². The molecule has 0 radical (unpaired) electrons. The Bertz CT molecular complexity index is 506. The summed E-state index contributed by atoms with van der Waals surface area (Å²) in [5, 5.41) is 11.0.